The van der Waals surface area contributed by atoms with Crippen molar-refractivity contribution in [2.45, 2.75) is 53.5 Å². The number of rotatable bonds is 17. The van der Waals surface area contributed by atoms with Crippen molar-refractivity contribution in [3.05, 3.63) is 29.3 Å². The number of benzene rings is 1. The van der Waals surface area contributed by atoms with Crippen molar-refractivity contribution in [3.63, 3.8) is 0 Å². The van der Waals surface area contributed by atoms with Crippen LogP contribution < -0.4 is 21.3 Å². The van der Waals surface area contributed by atoms with Crippen molar-refractivity contribution < 1.29 is 44.1 Å². The average molecular weight is 720 g/mol. The Morgan fingerprint density at radius 3 is 1.73 bits per heavy atom. The molecule has 3 amide bonds. The Balaban J connectivity index is 2.47. The van der Waals surface area contributed by atoms with Gasteiger partial charge in [-0.3, -0.25) is 43.5 Å². The standard InChI is InChI=1S/C35H57N7O9/c1-6-23(3)17-37-34(50)26-14-27(35(51)38-18-24(4)7-2)16-28(15-26)39-33(49)25(5)29-19-41(21-31(45)46)13-12-40(20-30(43)44)10-8-36-9-11-42(29)22-32(47)48/h14-16,23-25,29,36H,6-13,17-22H2,1-5H3,(H,37,50)(H,38,51)(H,39,49)(H,43,44)(H,45,46)(H,47,48). The van der Waals surface area contributed by atoms with Crippen molar-refractivity contribution in [2.75, 3.05) is 83.9 Å². The molecule has 1 aliphatic heterocycles. The molecule has 1 aromatic rings. The summed E-state index contributed by atoms with van der Waals surface area (Å²) < 4.78 is 0. The van der Waals surface area contributed by atoms with Gasteiger partial charge in [0.05, 0.1) is 25.6 Å². The molecule has 1 saturated heterocycles. The lowest BCUT2D eigenvalue weighted by atomic mass is 9.97. The van der Waals surface area contributed by atoms with E-state index in [4.69, 9.17) is 0 Å². The first-order chi connectivity index (χ1) is 24.1. The second-order valence-corrected chi connectivity index (χ2v) is 13.5. The van der Waals surface area contributed by atoms with Crippen LogP contribution in [0.25, 0.3) is 0 Å². The number of carbonyl (C=O) groups excluding carboxylic acids is 3. The van der Waals surface area contributed by atoms with Gasteiger partial charge in [-0.1, -0.05) is 47.5 Å². The van der Waals surface area contributed by atoms with Crippen molar-refractivity contribution in [1.82, 2.24) is 30.7 Å². The Kier molecular flexibility index (Phi) is 18.5. The van der Waals surface area contributed by atoms with Gasteiger partial charge in [-0.25, -0.2) is 0 Å². The van der Waals surface area contributed by atoms with E-state index >= 15 is 0 Å². The summed E-state index contributed by atoms with van der Waals surface area (Å²) in [6.45, 7) is 11.2. The van der Waals surface area contributed by atoms with Crippen molar-refractivity contribution in [1.29, 1.82) is 0 Å². The number of nitrogens with zero attached hydrogens (tertiary/aromatic N) is 3. The molecule has 286 valence electrons. The summed E-state index contributed by atoms with van der Waals surface area (Å²) in [5.74, 6) is -5.05. The lowest BCUT2D eigenvalue weighted by molar-refractivity contribution is -0.142. The highest BCUT2D eigenvalue weighted by Gasteiger charge is 2.33. The van der Waals surface area contributed by atoms with E-state index in [1.165, 1.54) is 18.2 Å². The van der Waals surface area contributed by atoms with E-state index in [2.05, 4.69) is 21.3 Å². The van der Waals surface area contributed by atoms with E-state index in [-0.39, 0.29) is 61.4 Å². The van der Waals surface area contributed by atoms with Gasteiger partial charge in [0.25, 0.3) is 11.8 Å². The maximum absolute atomic E-state index is 14.0. The number of nitrogens with one attached hydrogen (secondary N) is 4. The third kappa shape index (κ3) is 15.8. The molecule has 16 nitrogen and oxygen atoms in total. The highest BCUT2D eigenvalue weighted by molar-refractivity contribution is 6.03. The lowest BCUT2D eigenvalue weighted by Crippen LogP contribution is -2.55. The zero-order valence-corrected chi connectivity index (χ0v) is 30.6. The number of carboxylic acid groups (broad SMARTS) is 3. The molecule has 51 heavy (non-hydrogen) atoms. The van der Waals surface area contributed by atoms with Gasteiger partial charge >= 0.3 is 17.9 Å². The van der Waals surface area contributed by atoms with Crippen LogP contribution in [0.1, 0.15) is 68.2 Å². The van der Waals surface area contributed by atoms with Crippen LogP contribution in [0, 0.1) is 17.8 Å². The van der Waals surface area contributed by atoms with E-state index in [9.17, 15) is 44.1 Å². The SMILES string of the molecule is CCC(C)CNC(=O)c1cc(NC(=O)C(C)C2CN(CC(=O)O)CCN(CC(=O)O)CCNCCN2CC(=O)O)cc(C(=O)NCC(C)CC)c1. The summed E-state index contributed by atoms with van der Waals surface area (Å²) in [7, 11) is 0. The van der Waals surface area contributed by atoms with E-state index in [0.29, 0.717) is 32.7 Å². The van der Waals surface area contributed by atoms with Crippen LogP contribution in [0.2, 0.25) is 0 Å². The fourth-order valence-corrected chi connectivity index (χ4v) is 5.56. The molecule has 0 bridgehead atoms. The Morgan fingerprint density at radius 2 is 1.22 bits per heavy atom. The van der Waals surface area contributed by atoms with Crippen molar-refractivity contribution >= 4 is 41.3 Å². The summed E-state index contributed by atoms with van der Waals surface area (Å²) in [5, 5.41) is 40.7. The Hall–Kier alpha value is -4.12. The highest BCUT2D eigenvalue weighted by Crippen LogP contribution is 2.20. The molecule has 4 atom stereocenters. The molecule has 7 N–H and O–H groups in total. The molecule has 0 radical (unpaired) electrons. The molecule has 0 saturated carbocycles. The lowest BCUT2D eigenvalue weighted by Gasteiger charge is -2.38. The zero-order chi connectivity index (χ0) is 38.1. The second-order valence-electron chi connectivity index (χ2n) is 13.5. The quantitative estimate of drug-likeness (QED) is 0.119. The van der Waals surface area contributed by atoms with Gasteiger partial charge in [-0.2, -0.15) is 0 Å². The van der Waals surface area contributed by atoms with Crippen LogP contribution >= 0.6 is 0 Å². The molecular weight excluding hydrogens is 662 g/mol. The second kappa shape index (κ2) is 22.0. The summed E-state index contributed by atoms with van der Waals surface area (Å²) in [4.78, 5) is 80.6. The molecule has 1 aliphatic rings. The number of amides is 3. The Bertz CT molecular complexity index is 1300. The summed E-state index contributed by atoms with van der Waals surface area (Å²) in [6.07, 6.45) is 1.72. The molecule has 1 aromatic carbocycles. The number of hydrogen-bond acceptors (Lipinski definition) is 10. The summed E-state index contributed by atoms with van der Waals surface area (Å²) in [5.41, 5.74) is 0.559. The van der Waals surface area contributed by atoms with Gasteiger partial charge in [-0.05, 0) is 30.0 Å². The van der Waals surface area contributed by atoms with Crippen molar-refractivity contribution in [2.24, 2.45) is 17.8 Å². The first kappa shape index (κ1) is 43.0. The van der Waals surface area contributed by atoms with E-state index in [1.54, 1.807) is 21.6 Å². The average Bonchev–Trinajstić information content (AvgIpc) is 3.07. The van der Waals surface area contributed by atoms with Crippen LogP contribution in [0.5, 0.6) is 0 Å². The third-order valence-corrected chi connectivity index (χ3v) is 9.22. The largest absolute Gasteiger partial charge is 0.480 e. The third-order valence-electron chi connectivity index (χ3n) is 9.22. The molecule has 0 aromatic heterocycles. The first-order valence-electron chi connectivity index (χ1n) is 17.7. The minimum absolute atomic E-state index is 0.00357. The maximum atomic E-state index is 14.0. The monoisotopic (exact) mass is 719 g/mol. The predicted octanol–water partition coefficient (Wildman–Crippen LogP) is 0.945. The molecule has 16 heteroatoms. The topological polar surface area (TPSA) is 221 Å². The predicted molar refractivity (Wildman–Crippen MR) is 192 cm³/mol. The minimum Gasteiger partial charge on any atom is -0.480 e. The number of carboxylic acids is 3. The summed E-state index contributed by atoms with van der Waals surface area (Å²) in [6, 6.07) is 3.66. The maximum Gasteiger partial charge on any atom is 0.317 e. The van der Waals surface area contributed by atoms with E-state index < -0.39 is 60.7 Å². The molecule has 2 rings (SSSR count). The van der Waals surface area contributed by atoms with Gasteiger partial charge in [0.2, 0.25) is 5.91 Å². The van der Waals surface area contributed by atoms with Gasteiger partial charge in [-0.15, -0.1) is 0 Å². The Labute approximate surface area is 300 Å². The van der Waals surface area contributed by atoms with Gasteiger partial charge in [0, 0.05) is 81.8 Å². The number of carbonyl (C=O) groups is 6. The first-order valence-corrected chi connectivity index (χ1v) is 17.7. The molecule has 1 heterocycles. The molecular formula is C35H57N7O9. The molecule has 1 fully saturated rings. The fourth-order valence-electron chi connectivity index (χ4n) is 5.56. The van der Waals surface area contributed by atoms with Gasteiger partial charge < -0.3 is 36.6 Å². The smallest absolute Gasteiger partial charge is 0.317 e. The van der Waals surface area contributed by atoms with E-state index in [1.807, 2.05) is 27.7 Å². The van der Waals surface area contributed by atoms with Crippen molar-refractivity contribution in [3.8, 4) is 0 Å². The molecule has 0 aliphatic carbocycles. The zero-order valence-electron chi connectivity index (χ0n) is 30.6. The van der Waals surface area contributed by atoms with Crippen LogP contribution in [0.3, 0.4) is 0 Å². The normalized spacial score (nSPS) is 18.6. The fraction of sp³-hybridized carbons (Fsp3) is 0.657. The van der Waals surface area contributed by atoms with Crippen LogP contribution in [-0.4, -0.2) is 150 Å². The van der Waals surface area contributed by atoms with Crippen LogP contribution in [0.4, 0.5) is 5.69 Å². The van der Waals surface area contributed by atoms with E-state index in [0.717, 1.165) is 12.8 Å². The molecule has 4 unspecified atom stereocenters. The molecule has 0 spiro atoms. The number of aliphatic carboxylic acids is 3. The highest BCUT2D eigenvalue weighted by atomic mass is 16.4. The minimum atomic E-state index is -1.13. The number of hydrogen-bond donors (Lipinski definition) is 7. The van der Waals surface area contributed by atoms with Gasteiger partial charge in [0.1, 0.15) is 0 Å². The number of anilines is 1. The van der Waals surface area contributed by atoms with Gasteiger partial charge in [0.15, 0.2) is 0 Å². The Morgan fingerprint density at radius 1 is 0.725 bits per heavy atom. The van der Waals surface area contributed by atoms with Crippen LogP contribution in [-0.2, 0) is 19.2 Å². The summed E-state index contributed by atoms with van der Waals surface area (Å²) >= 11 is 0. The van der Waals surface area contributed by atoms with Crippen LogP contribution in [0.15, 0.2) is 18.2 Å².